The minimum Gasteiger partial charge on any atom is -0.396 e. The number of aliphatic hydroxyl groups excluding tert-OH is 1. The van der Waals surface area contributed by atoms with Crippen molar-refractivity contribution < 1.29 is 13.9 Å². The Morgan fingerprint density at radius 1 is 1.16 bits per heavy atom. The third kappa shape index (κ3) is 4.23. The maximum Gasteiger partial charge on any atom is 0.332 e. The monoisotopic (exact) mass is 466 g/mol. The van der Waals surface area contributed by atoms with Crippen LogP contribution in [0.15, 0.2) is 33.9 Å². The molecule has 7 nitrogen and oxygen atoms in total. The van der Waals surface area contributed by atoms with E-state index in [-0.39, 0.29) is 62.3 Å². The third-order valence-electron chi connectivity index (χ3n) is 6.14. The summed E-state index contributed by atoms with van der Waals surface area (Å²) in [4.78, 5) is 30.7. The molecular formula is C22H25ClF2N4O3. The number of nitrogens with zero attached hydrogens (tertiary/aromatic N) is 4. The van der Waals surface area contributed by atoms with Crippen molar-refractivity contribution >= 4 is 22.8 Å². The molecule has 0 amide bonds. The molecule has 1 N–H and O–H groups in total. The first-order valence-electron chi connectivity index (χ1n) is 10.6. The number of alkyl halides is 2. The molecule has 10 heteroatoms. The van der Waals surface area contributed by atoms with Gasteiger partial charge < -0.3 is 9.67 Å². The number of halogens is 3. The van der Waals surface area contributed by atoms with Crippen LogP contribution >= 0.6 is 11.6 Å². The number of aryl methyl sites for hydroxylation is 1. The zero-order valence-electron chi connectivity index (χ0n) is 17.7. The highest BCUT2D eigenvalue weighted by atomic mass is 35.5. The van der Waals surface area contributed by atoms with Crippen LogP contribution < -0.4 is 11.2 Å². The van der Waals surface area contributed by atoms with Crippen molar-refractivity contribution in [1.29, 1.82) is 0 Å². The molecule has 2 heterocycles. The van der Waals surface area contributed by atoms with Gasteiger partial charge in [-0.1, -0.05) is 23.7 Å². The zero-order chi connectivity index (χ0) is 23.0. The summed E-state index contributed by atoms with van der Waals surface area (Å²) in [5.74, 6) is -2.39. The number of rotatable bonds is 6. The van der Waals surface area contributed by atoms with Crippen LogP contribution in [-0.4, -0.2) is 36.3 Å². The maximum atomic E-state index is 13.8. The quantitative estimate of drug-likeness (QED) is 0.604. The van der Waals surface area contributed by atoms with E-state index in [1.54, 1.807) is 16.7 Å². The van der Waals surface area contributed by atoms with Gasteiger partial charge in [-0.2, -0.15) is 0 Å². The lowest BCUT2D eigenvalue weighted by atomic mass is 9.86. The molecule has 0 saturated heterocycles. The van der Waals surface area contributed by atoms with Crippen LogP contribution in [0.1, 0.15) is 49.4 Å². The van der Waals surface area contributed by atoms with Crippen molar-refractivity contribution in [3.63, 3.8) is 0 Å². The van der Waals surface area contributed by atoms with Gasteiger partial charge in [0.2, 0.25) is 5.92 Å². The average molecular weight is 467 g/mol. The van der Waals surface area contributed by atoms with Crippen LogP contribution in [-0.2, 0) is 20.1 Å². The van der Waals surface area contributed by atoms with Crippen LogP contribution in [0, 0.1) is 0 Å². The number of aromatic nitrogens is 4. The van der Waals surface area contributed by atoms with Crippen LogP contribution in [0.25, 0.3) is 11.2 Å². The van der Waals surface area contributed by atoms with Crippen molar-refractivity contribution in [3.05, 3.63) is 61.5 Å². The zero-order valence-corrected chi connectivity index (χ0v) is 18.5. The van der Waals surface area contributed by atoms with Crippen molar-refractivity contribution in [2.75, 3.05) is 6.61 Å². The summed E-state index contributed by atoms with van der Waals surface area (Å²) in [6, 6.07) is 7.15. The Balaban J connectivity index is 1.90. The van der Waals surface area contributed by atoms with E-state index in [9.17, 15) is 18.4 Å². The number of fused-ring (bicyclic) bond motifs is 1. The average Bonchev–Trinajstić information content (AvgIpc) is 3.13. The standard InChI is InChI=1S/C22H25ClF2N4O3/c1-27-19-17(20(31)28(21(27)32)11-2-12-30)29(13-14-3-5-16(23)6-4-14)18(26-19)15-7-9-22(24,25)10-8-15/h3-6,15,30H,2,7-13H2,1H3. The van der Waals surface area contributed by atoms with Crippen LogP contribution in [0.4, 0.5) is 8.78 Å². The molecule has 1 fully saturated rings. The lowest BCUT2D eigenvalue weighted by molar-refractivity contribution is -0.0389. The molecule has 4 rings (SSSR count). The molecule has 3 aromatic rings. The van der Waals surface area contributed by atoms with Gasteiger partial charge in [0.1, 0.15) is 5.82 Å². The van der Waals surface area contributed by atoms with Crippen LogP contribution in [0.2, 0.25) is 5.02 Å². The number of hydrogen-bond donors (Lipinski definition) is 1. The van der Waals surface area contributed by atoms with Gasteiger partial charge >= 0.3 is 5.69 Å². The highest BCUT2D eigenvalue weighted by molar-refractivity contribution is 6.30. The van der Waals surface area contributed by atoms with Gasteiger partial charge in [0.05, 0.1) is 0 Å². The van der Waals surface area contributed by atoms with Gasteiger partial charge in [-0.05, 0) is 37.0 Å². The normalized spacial score (nSPS) is 16.7. The minimum atomic E-state index is -2.69. The topological polar surface area (TPSA) is 82.0 Å². The fraction of sp³-hybridized carbons (Fsp3) is 0.500. The van der Waals surface area contributed by atoms with Gasteiger partial charge in [-0.3, -0.25) is 13.9 Å². The second-order valence-electron chi connectivity index (χ2n) is 8.36. The molecule has 32 heavy (non-hydrogen) atoms. The van der Waals surface area contributed by atoms with Crippen LogP contribution in [0.3, 0.4) is 0 Å². The molecule has 0 atom stereocenters. The first-order chi connectivity index (χ1) is 15.2. The molecule has 0 aliphatic heterocycles. The van der Waals surface area contributed by atoms with E-state index in [2.05, 4.69) is 4.98 Å². The first-order valence-corrected chi connectivity index (χ1v) is 11.0. The van der Waals surface area contributed by atoms with E-state index in [1.165, 1.54) is 11.6 Å². The van der Waals surface area contributed by atoms with Gasteiger partial charge in [0, 0.05) is 50.5 Å². The van der Waals surface area contributed by atoms with Gasteiger partial charge in [-0.25, -0.2) is 18.6 Å². The smallest absolute Gasteiger partial charge is 0.332 e. The van der Waals surface area contributed by atoms with Gasteiger partial charge in [0.15, 0.2) is 11.2 Å². The molecule has 172 valence electrons. The number of hydrogen-bond acceptors (Lipinski definition) is 4. The molecule has 1 saturated carbocycles. The Bertz CT molecular complexity index is 1240. The first kappa shape index (κ1) is 22.7. The minimum absolute atomic E-state index is 0.0784. The lowest BCUT2D eigenvalue weighted by Crippen LogP contribution is -2.40. The Kier molecular flexibility index (Phi) is 6.22. The number of imidazole rings is 1. The van der Waals surface area contributed by atoms with Gasteiger partial charge in [0.25, 0.3) is 5.56 Å². The molecular weight excluding hydrogens is 442 g/mol. The fourth-order valence-corrected chi connectivity index (χ4v) is 4.48. The summed E-state index contributed by atoms with van der Waals surface area (Å²) in [5.41, 5.74) is 0.347. The second-order valence-corrected chi connectivity index (χ2v) is 8.80. The molecule has 0 bridgehead atoms. The van der Waals surface area contributed by atoms with E-state index >= 15 is 0 Å². The van der Waals surface area contributed by atoms with Crippen molar-refractivity contribution in [1.82, 2.24) is 18.7 Å². The van der Waals surface area contributed by atoms with Crippen LogP contribution in [0.5, 0.6) is 0 Å². The highest BCUT2D eigenvalue weighted by Crippen LogP contribution is 2.41. The van der Waals surface area contributed by atoms with E-state index in [0.29, 0.717) is 17.4 Å². The van der Waals surface area contributed by atoms with Gasteiger partial charge in [-0.15, -0.1) is 0 Å². The van der Waals surface area contributed by atoms with E-state index in [0.717, 1.165) is 10.1 Å². The lowest BCUT2D eigenvalue weighted by Gasteiger charge is -2.28. The van der Waals surface area contributed by atoms with E-state index in [4.69, 9.17) is 16.7 Å². The summed E-state index contributed by atoms with van der Waals surface area (Å²) in [7, 11) is 1.54. The maximum absolute atomic E-state index is 13.8. The van der Waals surface area contributed by atoms with Crippen molar-refractivity contribution in [3.8, 4) is 0 Å². The molecule has 0 radical (unpaired) electrons. The summed E-state index contributed by atoms with van der Waals surface area (Å²) >= 11 is 6.00. The second kappa shape index (κ2) is 8.78. The molecule has 1 aromatic carbocycles. The Morgan fingerprint density at radius 2 is 1.81 bits per heavy atom. The molecule has 2 aromatic heterocycles. The van der Waals surface area contributed by atoms with E-state index in [1.807, 2.05) is 12.1 Å². The SMILES string of the molecule is Cn1c(=O)n(CCCO)c(=O)c2c1nc(C1CCC(F)(F)CC1)n2Cc1ccc(Cl)cc1. The predicted molar refractivity (Wildman–Crippen MR) is 118 cm³/mol. The molecule has 0 unspecified atom stereocenters. The highest BCUT2D eigenvalue weighted by Gasteiger charge is 2.37. The summed E-state index contributed by atoms with van der Waals surface area (Å²) < 4.78 is 31.7. The van der Waals surface area contributed by atoms with Crippen molar-refractivity contribution in [2.24, 2.45) is 7.05 Å². The van der Waals surface area contributed by atoms with Crippen molar-refractivity contribution in [2.45, 2.75) is 57.0 Å². The van der Waals surface area contributed by atoms with E-state index < -0.39 is 17.2 Å². The summed E-state index contributed by atoms with van der Waals surface area (Å²) in [6.45, 7) is 0.220. The summed E-state index contributed by atoms with van der Waals surface area (Å²) in [6.07, 6.45) is 0.298. The predicted octanol–water partition coefficient (Wildman–Crippen LogP) is 3.27. The fourth-order valence-electron chi connectivity index (χ4n) is 4.36. The molecule has 0 spiro atoms. The molecule has 1 aliphatic rings. The molecule has 1 aliphatic carbocycles. The largest absolute Gasteiger partial charge is 0.396 e. The Hall–Kier alpha value is -2.52. The number of benzene rings is 1. The Labute approximate surface area is 187 Å². The third-order valence-corrected chi connectivity index (χ3v) is 6.39. The summed E-state index contributed by atoms with van der Waals surface area (Å²) in [5, 5.41) is 9.74. The number of aliphatic hydroxyl groups is 1. The Morgan fingerprint density at radius 3 is 2.44 bits per heavy atom.